The van der Waals surface area contributed by atoms with Crippen molar-refractivity contribution in [3.63, 3.8) is 0 Å². The normalized spacial score (nSPS) is 24.6. The summed E-state index contributed by atoms with van der Waals surface area (Å²) in [5, 5.41) is 31.9. The van der Waals surface area contributed by atoms with E-state index in [9.17, 15) is 34.4 Å². The molecule has 0 saturated carbocycles. The number of phosphoric acid groups is 1. The summed E-state index contributed by atoms with van der Waals surface area (Å²) in [6.45, 7) is 2.70. The minimum Gasteiger partial charge on any atom is -0.462 e. The lowest BCUT2D eigenvalue weighted by atomic mass is 9.99. The Kier molecular flexibility index (Phi) is 7.55. The molecule has 0 bridgehead atoms. The summed E-state index contributed by atoms with van der Waals surface area (Å²) in [5.41, 5.74) is 0.363. The second-order valence-corrected chi connectivity index (χ2v) is 10.6. The van der Waals surface area contributed by atoms with Gasteiger partial charge in [0.25, 0.3) is 0 Å². The van der Waals surface area contributed by atoms with E-state index in [0.717, 1.165) is 0 Å². The van der Waals surface area contributed by atoms with Crippen LogP contribution < -0.4 is 20.5 Å². The van der Waals surface area contributed by atoms with E-state index in [0.29, 0.717) is 21.9 Å². The highest BCUT2D eigenvalue weighted by Gasteiger charge is 2.49. The molecule has 0 radical (unpaired) electrons. The van der Waals surface area contributed by atoms with Crippen LogP contribution >= 0.6 is 7.82 Å². The number of rotatable bonds is 7. The molecule has 4 aromatic rings. The molecular weight excluding hydrogens is 551 g/mol. The van der Waals surface area contributed by atoms with E-state index in [4.69, 9.17) is 27.4 Å². The van der Waals surface area contributed by atoms with E-state index in [1.54, 1.807) is 19.9 Å². The second-order valence-electron chi connectivity index (χ2n) is 9.27. The maximum Gasteiger partial charge on any atom is 0.528 e. The molecule has 212 valence electrons. The Morgan fingerprint density at radius 3 is 1.98 bits per heavy atom. The summed E-state index contributed by atoms with van der Waals surface area (Å²) in [7, 11) is -5.04. The molecular formula is C26H25O13P. The molecule has 5 rings (SSSR count). The third-order valence-electron chi connectivity index (χ3n) is 6.40. The molecule has 3 heterocycles. The van der Waals surface area contributed by atoms with Crippen molar-refractivity contribution in [1.82, 2.24) is 0 Å². The topological polar surface area (TPSA) is 195 Å². The molecule has 4 N–H and O–H groups in total. The Balaban J connectivity index is 1.42. The fourth-order valence-corrected chi connectivity index (χ4v) is 5.40. The Morgan fingerprint density at radius 1 is 0.850 bits per heavy atom. The van der Waals surface area contributed by atoms with Gasteiger partial charge in [-0.05, 0) is 49.2 Å². The van der Waals surface area contributed by atoms with E-state index in [1.165, 1.54) is 42.5 Å². The van der Waals surface area contributed by atoms with Crippen molar-refractivity contribution in [3.8, 4) is 11.5 Å². The van der Waals surface area contributed by atoms with E-state index < -0.39 is 56.4 Å². The molecule has 1 aliphatic heterocycles. The first-order valence-corrected chi connectivity index (χ1v) is 13.5. The van der Waals surface area contributed by atoms with Crippen molar-refractivity contribution in [2.75, 3.05) is 6.61 Å². The summed E-state index contributed by atoms with van der Waals surface area (Å²) < 4.78 is 45.0. The van der Waals surface area contributed by atoms with Gasteiger partial charge in [-0.25, -0.2) is 14.2 Å². The predicted octanol–water partition coefficient (Wildman–Crippen LogP) is 1.90. The Labute approximate surface area is 225 Å². The molecule has 14 heteroatoms. The van der Waals surface area contributed by atoms with Crippen LogP contribution in [0.2, 0.25) is 0 Å². The quantitative estimate of drug-likeness (QED) is 0.184. The molecule has 2 aromatic heterocycles. The number of benzene rings is 2. The fourth-order valence-electron chi connectivity index (χ4n) is 4.45. The fraction of sp³-hybridized carbons (Fsp3) is 0.308. The lowest BCUT2D eigenvalue weighted by molar-refractivity contribution is -0.273. The van der Waals surface area contributed by atoms with E-state index in [1.807, 2.05) is 0 Å². The Bertz CT molecular complexity index is 1730. The van der Waals surface area contributed by atoms with Gasteiger partial charge in [-0.15, -0.1) is 0 Å². The van der Waals surface area contributed by atoms with E-state index in [-0.39, 0.29) is 22.7 Å². The van der Waals surface area contributed by atoms with Crippen LogP contribution in [0.1, 0.15) is 11.1 Å². The molecule has 2 aromatic carbocycles. The average molecular weight is 576 g/mol. The Hall–Kier alpha value is -3.55. The van der Waals surface area contributed by atoms with Crippen molar-refractivity contribution >= 4 is 29.8 Å². The molecule has 2 unspecified atom stereocenters. The molecule has 0 amide bonds. The highest BCUT2D eigenvalue weighted by molar-refractivity contribution is 7.47. The number of hydrogen-bond donors (Lipinski definition) is 4. The lowest BCUT2D eigenvalue weighted by Crippen LogP contribution is -2.60. The first-order valence-electron chi connectivity index (χ1n) is 12.0. The third kappa shape index (κ3) is 5.67. The van der Waals surface area contributed by atoms with E-state index >= 15 is 0 Å². The maximum atomic E-state index is 13.0. The number of aliphatic hydroxyl groups is 3. The zero-order chi connectivity index (χ0) is 28.8. The van der Waals surface area contributed by atoms with Crippen LogP contribution in [-0.2, 0) is 13.8 Å². The Morgan fingerprint density at radius 2 is 1.40 bits per heavy atom. The van der Waals surface area contributed by atoms with Gasteiger partial charge in [0.05, 0.1) is 6.61 Å². The van der Waals surface area contributed by atoms with Crippen molar-refractivity contribution in [3.05, 3.63) is 80.5 Å². The summed E-state index contributed by atoms with van der Waals surface area (Å²) in [6, 6.07) is 11.2. The average Bonchev–Trinajstić information content (AvgIpc) is 2.87. The maximum absolute atomic E-state index is 13.0. The van der Waals surface area contributed by atoms with Gasteiger partial charge in [0.1, 0.15) is 41.0 Å². The van der Waals surface area contributed by atoms with Gasteiger partial charge in [0.2, 0.25) is 6.29 Å². The summed E-state index contributed by atoms with van der Waals surface area (Å²) in [4.78, 5) is 34.0. The number of fused-ring (bicyclic) bond motifs is 2. The van der Waals surface area contributed by atoms with Gasteiger partial charge < -0.3 is 38.2 Å². The molecule has 13 nitrogen and oxygen atoms in total. The first kappa shape index (κ1) is 28.0. The van der Waals surface area contributed by atoms with Crippen molar-refractivity contribution in [1.29, 1.82) is 0 Å². The highest BCUT2D eigenvalue weighted by Crippen LogP contribution is 2.48. The minimum atomic E-state index is -5.04. The molecule has 6 atom stereocenters. The van der Waals surface area contributed by atoms with Crippen molar-refractivity contribution in [2.45, 2.75) is 44.6 Å². The van der Waals surface area contributed by atoms with Crippen molar-refractivity contribution in [2.24, 2.45) is 0 Å². The zero-order valence-electron chi connectivity index (χ0n) is 21.1. The van der Waals surface area contributed by atoms with Gasteiger partial charge in [0, 0.05) is 35.0 Å². The number of hydrogen-bond acceptors (Lipinski definition) is 12. The van der Waals surface area contributed by atoms with Crippen LogP contribution in [-0.4, -0.2) is 57.5 Å². The highest BCUT2D eigenvalue weighted by atomic mass is 31.2. The number of aryl methyl sites for hydroxylation is 2. The van der Waals surface area contributed by atoms with Gasteiger partial charge in [-0.1, -0.05) is 0 Å². The van der Waals surface area contributed by atoms with E-state index in [2.05, 4.69) is 0 Å². The molecule has 1 fully saturated rings. The molecule has 1 saturated heterocycles. The van der Waals surface area contributed by atoms with Crippen LogP contribution in [0.25, 0.3) is 21.9 Å². The standard InChI is InChI=1S/C26H25O13P/c1-12-7-21(28)35-18-9-14(3-5-16(12)18)34-26-25(24(31)23(30)20(11-27)37-26)39-40(32,33)38-15-4-6-17-13(2)8-22(29)36-19(17)10-15/h3-10,20,23-27,30-31H,11H2,1-2H3,(H,32,33)/t20-,23+,24+,25-,26?/m1/s1. The van der Waals surface area contributed by atoms with Gasteiger partial charge in [0.15, 0.2) is 6.10 Å². The number of ether oxygens (including phenoxy) is 2. The van der Waals surface area contributed by atoms with Gasteiger partial charge in [-0.3, -0.25) is 9.42 Å². The van der Waals surface area contributed by atoms with Crippen LogP contribution in [0, 0.1) is 13.8 Å². The van der Waals surface area contributed by atoms with Crippen molar-refractivity contribution < 1.29 is 52.1 Å². The van der Waals surface area contributed by atoms with Gasteiger partial charge in [-0.2, -0.15) is 0 Å². The van der Waals surface area contributed by atoms with Crippen LogP contribution in [0.4, 0.5) is 0 Å². The first-order chi connectivity index (χ1) is 18.9. The monoisotopic (exact) mass is 576 g/mol. The van der Waals surface area contributed by atoms with Crippen LogP contribution in [0.15, 0.2) is 67.0 Å². The third-order valence-corrected chi connectivity index (χ3v) is 7.35. The molecule has 0 aliphatic carbocycles. The summed E-state index contributed by atoms with van der Waals surface area (Å²) >= 11 is 0. The number of aliphatic hydroxyl groups excluding tert-OH is 3. The summed E-state index contributed by atoms with van der Waals surface area (Å²) in [5.74, 6) is -0.127. The largest absolute Gasteiger partial charge is 0.528 e. The second kappa shape index (κ2) is 10.8. The molecule has 1 aliphatic rings. The lowest BCUT2D eigenvalue weighted by Gasteiger charge is -2.41. The zero-order valence-corrected chi connectivity index (χ0v) is 22.0. The molecule has 0 spiro atoms. The number of phosphoric ester groups is 1. The van der Waals surface area contributed by atoms with Crippen LogP contribution in [0.3, 0.4) is 0 Å². The minimum absolute atomic E-state index is 0.0637. The SMILES string of the molecule is Cc1cc(=O)oc2cc(OC3O[C@H](CO)[C@H](O)[C@H](O)[C@H]3OP(=O)(O)Oc3ccc4c(C)cc(=O)oc4c3)ccc12. The summed E-state index contributed by atoms with van der Waals surface area (Å²) in [6.07, 6.45) is -8.34. The smallest absolute Gasteiger partial charge is 0.462 e. The van der Waals surface area contributed by atoms with Gasteiger partial charge >= 0.3 is 19.1 Å². The van der Waals surface area contributed by atoms with Crippen LogP contribution in [0.5, 0.6) is 11.5 Å². The molecule has 40 heavy (non-hydrogen) atoms. The predicted molar refractivity (Wildman–Crippen MR) is 138 cm³/mol.